The smallest absolute Gasteiger partial charge is 0.106 e. The van der Waals surface area contributed by atoms with Gasteiger partial charge in [0.1, 0.15) is 4.60 Å². The molecule has 2 rings (SSSR count). The van der Waals surface area contributed by atoms with Crippen molar-refractivity contribution >= 4 is 15.9 Å². The Bertz CT molecular complexity index is 361. The molecule has 0 aromatic carbocycles. The number of hydrogen-bond acceptors (Lipinski definition) is 3. The van der Waals surface area contributed by atoms with Crippen LogP contribution < -0.4 is 5.32 Å². The van der Waals surface area contributed by atoms with Gasteiger partial charge in [0.2, 0.25) is 0 Å². The fourth-order valence-electron chi connectivity index (χ4n) is 2.01. The van der Waals surface area contributed by atoms with E-state index in [2.05, 4.69) is 43.8 Å². The zero-order valence-corrected chi connectivity index (χ0v) is 10.8. The highest BCUT2D eigenvalue weighted by atomic mass is 79.9. The quantitative estimate of drug-likeness (QED) is 0.678. The van der Waals surface area contributed by atoms with Gasteiger partial charge < -0.3 is 5.32 Å². The molecule has 86 valence electrons. The first-order valence-corrected chi connectivity index (χ1v) is 6.30. The molecule has 2 heterocycles. The summed E-state index contributed by atoms with van der Waals surface area (Å²) in [5.41, 5.74) is 1.06. The van der Waals surface area contributed by atoms with Gasteiger partial charge in [-0.1, -0.05) is 12.1 Å². The van der Waals surface area contributed by atoms with Crippen molar-refractivity contribution in [3.8, 4) is 0 Å². The summed E-state index contributed by atoms with van der Waals surface area (Å²) in [5.74, 6) is 0. The molecule has 1 aromatic heterocycles. The predicted octanol–water partition coefficient (Wildman–Crippen LogP) is 1.98. The van der Waals surface area contributed by atoms with Crippen molar-refractivity contribution < 1.29 is 0 Å². The zero-order valence-electron chi connectivity index (χ0n) is 9.19. The minimum atomic E-state index is 0.222. The Kier molecular flexibility index (Phi) is 4.09. The summed E-state index contributed by atoms with van der Waals surface area (Å²) in [4.78, 5) is 6.90. The first kappa shape index (κ1) is 11.8. The van der Waals surface area contributed by atoms with Crippen LogP contribution >= 0.6 is 15.9 Å². The van der Waals surface area contributed by atoms with E-state index >= 15 is 0 Å². The Morgan fingerprint density at radius 2 is 2.19 bits per heavy atom. The van der Waals surface area contributed by atoms with Crippen LogP contribution in [-0.2, 0) is 0 Å². The maximum Gasteiger partial charge on any atom is 0.106 e. The van der Waals surface area contributed by atoms with Gasteiger partial charge in [-0.3, -0.25) is 4.90 Å². The molecule has 0 unspecified atom stereocenters. The molecule has 1 aliphatic heterocycles. The van der Waals surface area contributed by atoms with Crippen LogP contribution in [0.4, 0.5) is 0 Å². The molecular weight excluding hydrogens is 266 g/mol. The Morgan fingerprint density at radius 1 is 1.44 bits per heavy atom. The monoisotopic (exact) mass is 281 g/mol. The summed E-state index contributed by atoms with van der Waals surface area (Å²) in [7, 11) is 0. The van der Waals surface area contributed by atoms with Crippen LogP contribution in [0.5, 0.6) is 0 Å². The summed E-state index contributed by atoms with van der Waals surface area (Å²) in [5, 5.41) is 3.35. The molecule has 1 aromatic rings. The second-order valence-electron chi connectivity index (χ2n) is 3.85. The topological polar surface area (TPSA) is 28.2 Å². The van der Waals surface area contributed by atoms with E-state index in [0.29, 0.717) is 0 Å². The van der Waals surface area contributed by atoms with Crippen LogP contribution in [0, 0.1) is 0 Å². The van der Waals surface area contributed by atoms with Gasteiger partial charge in [-0.15, -0.1) is 6.58 Å². The van der Waals surface area contributed by atoms with Gasteiger partial charge in [-0.2, -0.15) is 0 Å². The van der Waals surface area contributed by atoms with Crippen molar-refractivity contribution in [2.24, 2.45) is 0 Å². The molecule has 0 amide bonds. The first-order valence-electron chi connectivity index (χ1n) is 5.51. The summed E-state index contributed by atoms with van der Waals surface area (Å²) >= 11 is 3.41. The molecule has 0 spiro atoms. The van der Waals surface area contributed by atoms with E-state index in [0.717, 1.165) is 36.5 Å². The van der Waals surface area contributed by atoms with Gasteiger partial charge in [0.15, 0.2) is 0 Å². The third-order valence-corrected chi connectivity index (χ3v) is 3.25. The third-order valence-electron chi connectivity index (χ3n) is 2.81. The van der Waals surface area contributed by atoms with Gasteiger partial charge in [0, 0.05) is 26.2 Å². The first-order chi connectivity index (χ1) is 7.81. The molecule has 4 heteroatoms. The highest BCUT2D eigenvalue weighted by molar-refractivity contribution is 9.10. The molecule has 1 N–H and O–H groups in total. The van der Waals surface area contributed by atoms with E-state index in [1.807, 2.05) is 18.2 Å². The van der Waals surface area contributed by atoms with Crippen molar-refractivity contribution in [3.63, 3.8) is 0 Å². The van der Waals surface area contributed by atoms with Crippen molar-refractivity contribution in [1.29, 1.82) is 0 Å². The average Bonchev–Trinajstić information content (AvgIpc) is 2.31. The maximum absolute atomic E-state index is 4.50. The predicted molar refractivity (Wildman–Crippen MR) is 69.3 cm³/mol. The Labute approximate surface area is 105 Å². The highest BCUT2D eigenvalue weighted by Crippen LogP contribution is 2.21. The largest absolute Gasteiger partial charge is 0.314 e. The standard InChI is InChI=1S/C12H16BrN3/c1-2-11(16-8-6-14-7-9-16)10-4-3-5-12(13)15-10/h2-5,11,14H,1,6-9H2/t11-/m1/s1. The fraction of sp³-hybridized carbons (Fsp3) is 0.417. The summed E-state index contributed by atoms with van der Waals surface area (Å²) in [6.07, 6.45) is 1.97. The van der Waals surface area contributed by atoms with Gasteiger partial charge in [-0.05, 0) is 28.1 Å². The van der Waals surface area contributed by atoms with Gasteiger partial charge in [0.25, 0.3) is 0 Å². The zero-order chi connectivity index (χ0) is 11.4. The van der Waals surface area contributed by atoms with E-state index in [1.54, 1.807) is 0 Å². The normalized spacial score (nSPS) is 19.3. The molecule has 1 atom stereocenters. The fourth-order valence-corrected chi connectivity index (χ4v) is 2.36. The van der Waals surface area contributed by atoms with Crippen molar-refractivity contribution in [2.45, 2.75) is 6.04 Å². The second-order valence-corrected chi connectivity index (χ2v) is 4.66. The van der Waals surface area contributed by atoms with E-state index in [1.165, 1.54) is 0 Å². The lowest BCUT2D eigenvalue weighted by molar-refractivity contribution is 0.200. The van der Waals surface area contributed by atoms with Crippen molar-refractivity contribution in [1.82, 2.24) is 15.2 Å². The molecule has 0 aliphatic carbocycles. The molecule has 16 heavy (non-hydrogen) atoms. The number of pyridine rings is 1. The highest BCUT2D eigenvalue weighted by Gasteiger charge is 2.20. The average molecular weight is 282 g/mol. The van der Waals surface area contributed by atoms with Crippen LogP contribution in [0.1, 0.15) is 11.7 Å². The second kappa shape index (κ2) is 5.57. The number of nitrogens with one attached hydrogen (secondary N) is 1. The van der Waals surface area contributed by atoms with E-state index in [9.17, 15) is 0 Å². The lowest BCUT2D eigenvalue weighted by Gasteiger charge is -2.32. The molecule has 1 aliphatic rings. The Morgan fingerprint density at radius 3 is 2.81 bits per heavy atom. The van der Waals surface area contributed by atoms with Crippen LogP contribution in [-0.4, -0.2) is 36.1 Å². The maximum atomic E-state index is 4.50. The molecular formula is C12H16BrN3. The molecule has 3 nitrogen and oxygen atoms in total. The Balaban J connectivity index is 2.17. The molecule has 1 fully saturated rings. The molecule has 0 bridgehead atoms. The number of aromatic nitrogens is 1. The van der Waals surface area contributed by atoms with Gasteiger partial charge in [-0.25, -0.2) is 4.98 Å². The molecule has 1 saturated heterocycles. The lowest BCUT2D eigenvalue weighted by Crippen LogP contribution is -2.44. The SMILES string of the molecule is C=C[C@H](c1cccc(Br)n1)N1CCNCC1. The minimum Gasteiger partial charge on any atom is -0.314 e. The summed E-state index contributed by atoms with van der Waals surface area (Å²) in [6, 6.07) is 6.24. The van der Waals surface area contributed by atoms with Crippen LogP contribution in [0.25, 0.3) is 0 Å². The van der Waals surface area contributed by atoms with Gasteiger partial charge >= 0.3 is 0 Å². The summed E-state index contributed by atoms with van der Waals surface area (Å²) in [6.45, 7) is 8.10. The van der Waals surface area contributed by atoms with E-state index < -0.39 is 0 Å². The number of nitrogens with zero attached hydrogens (tertiary/aromatic N) is 2. The lowest BCUT2D eigenvalue weighted by atomic mass is 10.1. The molecule has 0 radical (unpaired) electrons. The Hall–Kier alpha value is -0.710. The van der Waals surface area contributed by atoms with E-state index in [-0.39, 0.29) is 6.04 Å². The van der Waals surface area contributed by atoms with Gasteiger partial charge in [0.05, 0.1) is 11.7 Å². The number of halogens is 1. The van der Waals surface area contributed by atoms with Crippen molar-refractivity contribution in [3.05, 3.63) is 41.2 Å². The number of piperazine rings is 1. The third kappa shape index (κ3) is 2.70. The number of rotatable bonds is 3. The van der Waals surface area contributed by atoms with E-state index in [4.69, 9.17) is 0 Å². The minimum absolute atomic E-state index is 0.222. The molecule has 0 saturated carbocycles. The van der Waals surface area contributed by atoms with Crippen LogP contribution in [0.3, 0.4) is 0 Å². The van der Waals surface area contributed by atoms with Crippen LogP contribution in [0.15, 0.2) is 35.5 Å². The van der Waals surface area contributed by atoms with Crippen molar-refractivity contribution in [2.75, 3.05) is 26.2 Å². The summed E-state index contributed by atoms with van der Waals surface area (Å²) < 4.78 is 0.881. The number of hydrogen-bond donors (Lipinski definition) is 1. The van der Waals surface area contributed by atoms with Crippen LogP contribution in [0.2, 0.25) is 0 Å².